The normalized spacial score (nSPS) is 10.2. The summed E-state index contributed by atoms with van der Waals surface area (Å²) in [5, 5.41) is 17.8. The standard InChI is InChI=1S/C9H5NO5S/c11-8(12)5-6(9(13)14)16-7(10-5)4-2-1-3-15-4/h1-3H,(H,11,12)(H,13,14). The second-order valence-electron chi connectivity index (χ2n) is 2.78. The number of thiazole rings is 1. The Morgan fingerprint density at radius 1 is 1.31 bits per heavy atom. The van der Waals surface area contributed by atoms with Gasteiger partial charge >= 0.3 is 11.9 Å². The molecule has 0 aliphatic rings. The molecule has 2 N–H and O–H groups in total. The van der Waals surface area contributed by atoms with Crippen LogP contribution in [-0.2, 0) is 0 Å². The van der Waals surface area contributed by atoms with Crippen LogP contribution in [-0.4, -0.2) is 27.1 Å². The number of aromatic nitrogens is 1. The number of furan rings is 1. The lowest BCUT2D eigenvalue weighted by Gasteiger charge is -1.88. The van der Waals surface area contributed by atoms with Crippen molar-refractivity contribution in [2.24, 2.45) is 0 Å². The topological polar surface area (TPSA) is 101 Å². The van der Waals surface area contributed by atoms with Crippen LogP contribution in [0.15, 0.2) is 22.8 Å². The Morgan fingerprint density at radius 3 is 2.50 bits per heavy atom. The van der Waals surface area contributed by atoms with Gasteiger partial charge in [-0.15, -0.1) is 11.3 Å². The van der Waals surface area contributed by atoms with E-state index in [1.807, 2.05) is 0 Å². The molecule has 2 heterocycles. The van der Waals surface area contributed by atoms with Crippen LogP contribution in [0.2, 0.25) is 0 Å². The lowest BCUT2D eigenvalue weighted by molar-refractivity contribution is 0.0651. The molecule has 16 heavy (non-hydrogen) atoms. The molecule has 2 aromatic heterocycles. The van der Waals surface area contributed by atoms with Gasteiger partial charge in [0.15, 0.2) is 16.5 Å². The summed E-state index contributed by atoms with van der Waals surface area (Å²) in [7, 11) is 0. The molecule has 0 saturated heterocycles. The predicted octanol–water partition coefficient (Wildman–Crippen LogP) is 1.80. The number of hydrogen-bond donors (Lipinski definition) is 2. The highest BCUT2D eigenvalue weighted by atomic mass is 32.1. The van der Waals surface area contributed by atoms with E-state index in [0.717, 1.165) is 11.3 Å². The Kier molecular flexibility index (Phi) is 2.45. The molecule has 0 fully saturated rings. The highest BCUT2D eigenvalue weighted by Gasteiger charge is 2.23. The van der Waals surface area contributed by atoms with Gasteiger partial charge in [-0.2, -0.15) is 0 Å². The Balaban J connectivity index is 2.55. The number of carbonyl (C=O) groups is 2. The molecule has 7 heteroatoms. The average Bonchev–Trinajstić information content (AvgIpc) is 2.86. The number of hydrogen-bond acceptors (Lipinski definition) is 5. The summed E-state index contributed by atoms with van der Waals surface area (Å²) < 4.78 is 5.01. The van der Waals surface area contributed by atoms with Crippen molar-refractivity contribution >= 4 is 23.3 Å². The van der Waals surface area contributed by atoms with Crippen molar-refractivity contribution in [2.45, 2.75) is 0 Å². The smallest absolute Gasteiger partial charge is 0.356 e. The lowest BCUT2D eigenvalue weighted by Crippen LogP contribution is -2.05. The van der Waals surface area contributed by atoms with Crippen molar-refractivity contribution in [3.05, 3.63) is 29.0 Å². The van der Waals surface area contributed by atoms with E-state index in [2.05, 4.69) is 4.98 Å². The quantitative estimate of drug-likeness (QED) is 0.846. The molecule has 0 radical (unpaired) electrons. The average molecular weight is 239 g/mol. The molecule has 0 atom stereocenters. The van der Waals surface area contributed by atoms with Gasteiger partial charge in [0, 0.05) is 0 Å². The summed E-state index contributed by atoms with van der Waals surface area (Å²) >= 11 is 0.768. The largest absolute Gasteiger partial charge is 0.477 e. The van der Waals surface area contributed by atoms with Gasteiger partial charge in [-0.3, -0.25) is 0 Å². The molecular formula is C9H5NO5S. The molecule has 0 bridgehead atoms. The van der Waals surface area contributed by atoms with Crippen LogP contribution in [0, 0.1) is 0 Å². The monoisotopic (exact) mass is 239 g/mol. The van der Waals surface area contributed by atoms with Gasteiger partial charge in [0.25, 0.3) is 0 Å². The summed E-state index contributed by atoms with van der Waals surface area (Å²) in [6, 6.07) is 3.19. The predicted molar refractivity (Wildman–Crippen MR) is 53.7 cm³/mol. The van der Waals surface area contributed by atoms with E-state index < -0.39 is 17.6 Å². The molecule has 0 aliphatic heterocycles. The van der Waals surface area contributed by atoms with Crippen LogP contribution in [0.3, 0.4) is 0 Å². The number of rotatable bonds is 3. The highest BCUT2D eigenvalue weighted by Crippen LogP contribution is 2.28. The van der Waals surface area contributed by atoms with Gasteiger partial charge in [0.1, 0.15) is 4.88 Å². The van der Waals surface area contributed by atoms with Crippen molar-refractivity contribution in [3.63, 3.8) is 0 Å². The second-order valence-corrected chi connectivity index (χ2v) is 3.78. The van der Waals surface area contributed by atoms with Crippen LogP contribution in [0.25, 0.3) is 10.8 Å². The van der Waals surface area contributed by atoms with E-state index in [-0.39, 0.29) is 9.88 Å². The van der Waals surface area contributed by atoms with Crippen molar-refractivity contribution in [1.29, 1.82) is 0 Å². The van der Waals surface area contributed by atoms with E-state index in [9.17, 15) is 9.59 Å². The van der Waals surface area contributed by atoms with Gasteiger partial charge < -0.3 is 14.6 Å². The number of nitrogens with zero attached hydrogens (tertiary/aromatic N) is 1. The van der Waals surface area contributed by atoms with Crippen molar-refractivity contribution in [2.75, 3.05) is 0 Å². The van der Waals surface area contributed by atoms with Crippen LogP contribution < -0.4 is 0 Å². The SMILES string of the molecule is O=C(O)c1nc(-c2ccco2)sc1C(=O)O. The Labute approximate surface area is 92.8 Å². The molecule has 0 aliphatic carbocycles. The molecule has 2 aromatic rings. The van der Waals surface area contributed by atoms with Crippen molar-refractivity contribution in [1.82, 2.24) is 4.98 Å². The molecule has 0 saturated carbocycles. The number of carboxylic acids is 2. The molecule has 0 unspecified atom stereocenters. The van der Waals surface area contributed by atoms with Gasteiger partial charge in [0.05, 0.1) is 6.26 Å². The van der Waals surface area contributed by atoms with E-state index in [0.29, 0.717) is 5.76 Å². The summed E-state index contributed by atoms with van der Waals surface area (Å²) in [5.74, 6) is -2.33. The molecule has 0 aromatic carbocycles. The zero-order chi connectivity index (χ0) is 11.7. The number of aromatic carboxylic acids is 2. The first kappa shape index (κ1) is 10.4. The molecule has 6 nitrogen and oxygen atoms in total. The molecule has 0 spiro atoms. The van der Waals surface area contributed by atoms with Gasteiger partial charge in [-0.05, 0) is 12.1 Å². The fraction of sp³-hybridized carbons (Fsp3) is 0. The highest BCUT2D eigenvalue weighted by molar-refractivity contribution is 7.17. The number of carboxylic acid groups (broad SMARTS) is 2. The summed E-state index contributed by atoms with van der Waals surface area (Å²) in [5.41, 5.74) is -0.469. The molecular weight excluding hydrogens is 234 g/mol. The van der Waals surface area contributed by atoms with Gasteiger partial charge in [0.2, 0.25) is 0 Å². The van der Waals surface area contributed by atoms with Gasteiger partial charge in [-0.1, -0.05) is 0 Å². The van der Waals surface area contributed by atoms with E-state index in [4.69, 9.17) is 14.6 Å². The lowest BCUT2D eigenvalue weighted by atomic mass is 10.3. The third kappa shape index (κ3) is 1.68. The van der Waals surface area contributed by atoms with Crippen LogP contribution in [0.4, 0.5) is 0 Å². The third-order valence-corrected chi connectivity index (χ3v) is 2.81. The van der Waals surface area contributed by atoms with Crippen LogP contribution >= 0.6 is 11.3 Å². The maximum Gasteiger partial charge on any atom is 0.356 e. The van der Waals surface area contributed by atoms with E-state index in [1.165, 1.54) is 6.26 Å². The van der Waals surface area contributed by atoms with Crippen LogP contribution in [0.1, 0.15) is 20.2 Å². The first-order valence-electron chi connectivity index (χ1n) is 4.11. The van der Waals surface area contributed by atoms with E-state index in [1.54, 1.807) is 12.1 Å². The molecule has 82 valence electrons. The fourth-order valence-corrected chi connectivity index (χ4v) is 1.98. The zero-order valence-electron chi connectivity index (χ0n) is 7.71. The Hall–Kier alpha value is -2.15. The molecule has 0 amide bonds. The second kappa shape index (κ2) is 3.78. The summed E-state index contributed by atoms with van der Waals surface area (Å²) in [6.45, 7) is 0. The van der Waals surface area contributed by atoms with Crippen molar-refractivity contribution < 1.29 is 24.2 Å². The fourth-order valence-electron chi connectivity index (χ4n) is 1.12. The first-order chi connectivity index (χ1) is 7.59. The minimum Gasteiger partial charge on any atom is -0.477 e. The van der Waals surface area contributed by atoms with Crippen molar-refractivity contribution in [3.8, 4) is 10.8 Å². The zero-order valence-corrected chi connectivity index (χ0v) is 8.52. The minimum atomic E-state index is -1.37. The van der Waals surface area contributed by atoms with Gasteiger partial charge in [-0.25, -0.2) is 14.6 Å². The Bertz CT molecular complexity index is 511. The maximum absolute atomic E-state index is 10.8. The molecule has 2 rings (SSSR count). The first-order valence-corrected chi connectivity index (χ1v) is 4.92. The minimum absolute atomic E-state index is 0.236. The maximum atomic E-state index is 10.8. The Morgan fingerprint density at radius 2 is 2.06 bits per heavy atom. The van der Waals surface area contributed by atoms with Crippen LogP contribution in [0.5, 0.6) is 0 Å². The van der Waals surface area contributed by atoms with E-state index >= 15 is 0 Å². The summed E-state index contributed by atoms with van der Waals surface area (Å²) in [6.07, 6.45) is 1.40. The third-order valence-electron chi connectivity index (χ3n) is 1.76. The summed E-state index contributed by atoms with van der Waals surface area (Å²) in [4.78, 5) is 25.0.